The summed E-state index contributed by atoms with van der Waals surface area (Å²) in [4.78, 5) is 0. The summed E-state index contributed by atoms with van der Waals surface area (Å²) in [6.45, 7) is 6.58. The fraction of sp³-hybridized carbons (Fsp3) is 1.00. The summed E-state index contributed by atoms with van der Waals surface area (Å²) >= 11 is 0. The lowest BCUT2D eigenvalue weighted by atomic mass is 10.2. The van der Waals surface area contributed by atoms with Gasteiger partial charge in [0.05, 0.1) is 12.2 Å². The van der Waals surface area contributed by atoms with Crippen molar-refractivity contribution in [1.82, 2.24) is 0 Å². The van der Waals surface area contributed by atoms with Crippen LogP contribution in [0.2, 0.25) is 18.1 Å². The van der Waals surface area contributed by atoms with Gasteiger partial charge < -0.3 is 19.0 Å². The second-order valence-corrected chi connectivity index (χ2v) is 9.92. The Kier molecular flexibility index (Phi) is 5.80. The zero-order chi connectivity index (χ0) is 13.8. The Balaban J connectivity index is 2.74. The van der Waals surface area contributed by atoms with Crippen LogP contribution < -0.4 is 0 Å². The standard InChI is InChI=1S/C13H28O4Si/c1-6-18(7-2,8-3)17-12-10-13(15-4,16-5)9-11(12)14/h11-12,14H,6-10H2,1-5H3/t11-,12+/m0/s1. The molecule has 4 nitrogen and oxygen atoms in total. The number of aliphatic hydroxyl groups is 1. The SMILES string of the molecule is CC[Si](CC)(CC)O[C@@H]1CC(OC)(OC)C[C@@H]1O. The quantitative estimate of drug-likeness (QED) is 0.573. The Labute approximate surface area is 112 Å². The maximum atomic E-state index is 10.2. The molecule has 5 heteroatoms. The van der Waals surface area contributed by atoms with Gasteiger partial charge in [0.25, 0.3) is 0 Å². The summed E-state index contributed by atoms with van der Waals surface area (Å²) in [6, 6.07) is 3.28. The first-order valence-corrected chi connectivity index (χ1v) is 9.49. The van der Waals surface area contributed by atoms with Gasteiger partial charge in [-0.1, -0.05) is 20.8 Å². The smallest absolute Gasteiger partial charge is 0.192 e. The van der Waals surface area contributed by atoms with Gasteiger partial charge in [-0.2, -0.15) is 0 Å². The first-order valence-electron chi connectivity index (χ1n) is 6.96. The van der Waals surface area contributed by atoms with Gasteiger partial charge in [0, 0.05) is 27.1 Å². The van der Waals surface area contributed by atoms with Crippen LogP contribution >= 0.6 is 0 Å². The first kappa shape index (κ1) is 16.1. The normalized spacial score (nSPS) is 27.7. The maximum absolute atomic E-state index is 10.2. The molecule has 2 atom stereocenters. The minimum absolute atomic E-state index is 0.142. The van der Waals surface area contributed by atoms with E-state index in [4.69, 9.17) is 13.9 Å². The first-order chi connectivity index (χ1) is 8.50. The van der Waals surface area contributed by atoms with Crippen LogP contribution in [0, 0.1) is 0 Å². The van der Waals surface area contributed by atoms with Crippen LogP contribution in [0.25, 0.3) is 0 Å². The molecule has 18 heavy (non-hydrogen) atoms. The van der Waals surface area contributed by atoms with Crippen LogP contribution in [0.15, 0.2) is 0 Å². The number of methoxy groups -OCH3 is 2. The van der Waals surface area contributed by atoms with Gasteiger partial charge in [-0.25, -0.2) is 0 Å². The highest BCUT2D eigenvalue weighted by molar-refractivity contribution is 6.73. The Morgan fingerprint density at radius 2 is 1.56 bits per heavy atom. The maximum Gasteiger partial charge on any atom is 0.192 e. The number of hydrogen-bond donors (Lipinski definition) is 1. The summed E-state index contributed by atoms with van der Waals surface area (Å²) < 4.78 is 17.2. The fourth-order valence-corrected chi connectivity index (χ4v) is 5.72. The highest BCUT2D eigenvalue weighted by atomic mass is 28.4. The van der Waals surface area contributed by atoms with E-state index in [0.717, 1.165) is 18.1 Å². The lowest BCUT2D eigenvalue weighted by Crippen LogP contribution is -2.42. The molecule has 1 aliphatic carbocycles. The average Bonchev–Trinajstić information content (AvgIpc) is 2.73. The third-order valence-electron chi connectivity index (χ3n) is 4.54. The van der Waals surface area contributed by atoms with Crippen LogP contribution in [0.3, 0.4) is 0 Å². The van der Waals surface area contributed by atoms with Crippen molar-refractivity contribution in [1.29, 1.82) is 0 Å². The Hall–Kier alpha value is 0.0569. The second kappa shape index (κ2) is 6.48. The van der Waals surface area contributed by atoms with Crippen molar-refractivity contribution >= 4 is 8.32 Å². The summed E-state index contributed by atoms with van der Waals surface area (Å²) in [7, 11) is 1.57. The van der Waals surface area contributed by atoms with Crippen LogP contribution in [0.5, 0.6) is 0 Å². The van der Waals surface area contributed by atoms with E-state index in [1.807, 2.05) is 0 Å². The topological polar surface area (TPSA) is 47.9 Å². The fourth-order valence-electron chi connectivity index (χ4n) is 2.83. The summed E-state index contributed by atoms with van der Waals surface area (Å²) in [5.41, 5.74) is 0. The summed E-state index contributed by atoms with van der Waals surface area (Å²) in [5.74, 6) is -0.667. The molecular weight excluding hydrogens is 248 g/mol. The zero-order valence-corrected chi connectivity index (χ0v) is 13.4. The van der Waals surface area contributed by atoms with E-state index < -0.39 is 20.2 Å². The summed E-state index contributed by atoms with van der Waals surface area (Å²) in [6.07, 6.45) is 0.486. The third-order valence-corrected chi connectivity index (χ3v) is 9.21. The number of rotatable bonds is 7. The molecule has 1 saturated carbocycles. The van der Waals surface area contributed by atoms with E-state index >= 15 is 0 Å². The molecule has 1 fully saturated rings. The van der Waals surface area contributed by atoms with Crippen molar-refractivity contribution in [2.75, 3.05) is 14.2 Å². The average molecular weight is 276 g/mol. The molecule has 1 N–H and O–H groups in total. The molecule has 0 aromatic heterocycles. The van der Waals surface area contributed by atoms with E-state index in [2.05, 4.69) is 20.8 Å². The van der Waals surface area contributed by atoms with E-state index in [-0.39, 0.29) is 6.10 Å². The molecular formula is C13H28O4Si. The molecule has 0 aromatic carbocycles. The van der Waals surface area contributed by atoms with Crippen LogP contribution in [-0.2, 0) is 13.9 Å². The van der Waals surface area contributed by atoms with E-state index in [9.17, 15) is 5.11 Å². The van der Waals surface area contributed by atoms with Crippen molar-refractivity contribution in [2.45, 2.75) is 69.7 Å². The van der Waals surface area contributed by atoms with Gasteiger partial charge in [-0.15, -0.1) is 0 Å². The van der Waals surface area contributed by atoms with Crippen molar-refractivity contribution in [3.8, 4) is 0 Å². The molecule has 0 amide bonds. The van der Waals surface area contributed by atoms with Gasteiger partial charge in [-0.3, -0.25) is 0 Å². The minimum Gasteiger partial charge on any atom is -0.411 e. The molecule has 0 radical (unpaired) electrons. The van der Waals surface area contributed by atoms with Gasteiger partial charge in [0.2, 0.25) is 0 Å². The van der Waals surface area contributed by atoms with Gasteiger partial charge in [-0.05, 0) is 18.1 Å². The predicted molar refractivity (Wildman–Crippen MR) is 74.1 cm³/mol. The Morgan fingerprint density at radius 1 is 1.06 bits per heavy atom. The molecule has 0 saturated heterocycles. The monoisotopic (exact) mass is 276 g/mol. The van der Waals surface area contributed by atoms with Gasteiger partial charge in [0.1, 0.15) is 0 Å². The number of aliphatic hydroxyl groups excluding tert-OH is 1. The molecule has 0 aliphatic heterocycles. The highest BCUT2D eigenvalue weighted by Gasteiger charge is 2.48. The molecule has 1 aliphatic rings. The van der Waals surface area contributed by atoms with Crippen molar-refractivity contribution < 1.29 is 19.0 Å². The van der Waals surface area contributed by atoms with Gasteiger partial charge in [0.15, 0.2) is 14.1 Å². The lowest BCUT2D eigenvalue weighted by molar-refractivity contribution is -0.206. The Bertz CT molecular complexity index is 243. The lowest BCUT2D eigenvalue weighted by Gasteiger charge is -2.33. The zero-order valence-electron chi connectivity index (χ0n) is 12.4. The van der Waals surface area contributed by atoms with E-state index in [0.29, 0.717) is 12.8 Å². The molecule has 0 aromatic rings. The van der Waals surface area contributed by atoms with Crippen LogP contribution in [-0.4, -0.2) is 45.6 Å². The Morgan fingerprint density at radius 3 is 1.89 bits per heavy atom. The molecule has 0 spiro atoms. The van der Waals surface area contributed by atoms with Crippen molar-refractivity contribution in [3.05, 3.63) is 0 Å². The molecule has 0 bridgehead atoms. The molecule has 108 valence electrons. The van der Waals surface area contributed by atoms with Crippen LogP contribution in [0.4, 0.5) is 0 Å². The van der Waals surface area contributed by atoms with E-state index in [1.165, 1.54) is 0 Å². The second-order valence-electron chi connectivity index (χ2n) is 5.19. The van der Waals surface area contributed by atoms with Crippen molar-refractivity contribution in [3.63, 3.8) is 0 Å². The number of hydrogen-bond acceptors (Lipinski definition) is 4. The minimum atomic E-state index is -1.68. The molecule has 0 unspecified atom stereocenters. The molecule has 0 heterocycles. The van der Waals surface area contributed by atoms with Crippen LogP contribution in [0.1, 0.15) is 33.6 Å². The van der Waals surface area contributed by atoms with Gasteiger partial charge >= 0.3 is 0 Å². The number of ether oxygens (including phenoxy) is 2. The third kappa shape index (κ3) is 3.14. The highest BCUT2D eigenvalue weighted by Crippen LogP contribution is 2.38. The van der Waals surface area contributed by atoms with E-state index in [1.54, 1.807) is 14.2 Å². The molecule has 1 rings (SSSR count). The largest absolute Gasteiger partial charge is 0.411 e. The predicted octanol–water partition coefficient (Wildman–Crippen LogP) is 2.52. The summed E-state index contributed by atoms with van der Waals surface area (Å²) in [5, 5.41) is 10.2. The van der Waals surface area contributed by atoms with Crippen molar-refractivity contribution in [2.24, 2.45) is 0 Å².